The lowest BCUT2D eigenvalue weighted by atomic mass is 10.6. The van der Waals surface area contributed by atoms with Gasteiger partial charge in [0.2, 0.25) is 0 Å². The van der Waals surface area contributed by atoms with Crippen molar-refractivity contribution in [2.75, 3.05) is 13.9 Å². The molecule has 0 heterocycles. The fourth-order valence-electron chi connectivity index (χ4n) is 0.142. The van der Waals surface area contributed by atoms with Crippen molar-refractivity contribution >= 4 is 11.8 Å². The van der Waals surface area contributed by atoms with E-state index in [0.29, 0.717) is 0 Å². The highest BCUT2D eigenvalue weighted by atomic mass is 16.7. The molecule has 0 fully saturated rings. The van der Waals surface area contributed by atoms with E-state index in [9.17, 15) is 9.59 Å². The van der Waals surface area contributed by atoms with Gasteiger partial charge >= 0.3 is 5.97 Å². The van der Waals surface area contributed by atoms with Crippen LogP contribution in [0.4, 0.5) is 0 Å². The molecule has 0 amide bonds. The molecule has 0 aliphatic rings. The van der Waals surface area contributed by atoms with Crippen LogP contribution in [-0.4, -0.2) is 25.7 Å². The summed E-state index contributed by atoms with van der Waals surface area (Å²) in [6.07, 6.45) is 0. The molecule has 0 aromatic rings. The summed E-state index contributed by atoms with van der Waals surface area (Å²) in [7, 11) is 1.46. The second-order valence-corrected chi connectivity index (χ2v) is 1.95. The zero-order valence-corrected chi connectivity index (χ0v) is 7.34. The SMILES string of the molecule is C.CC(C)=O.COCOC(C)=O. The van der Waals surface area contributed by atoms with Gasteiger partial charge in [-0.2, -0.15) is 0 Å². The molecule has 0 rings (SSSR count). The molecule has 0 aromatic carbocycles. The number of carbonyl (C=O) groups excluding carboxylic acids is 2. The lowest BCUT2D eigenvalue weighted by Crippen LogP contribution is -2.00. The van der Waals surface area contributed by atoms with Gasteiger partial charge in [-0.1, -0.05) is 7.43 Å². The average Bonchev–Trinajstić information content (AvgIpc) is 1.82. The van der Waals surface area contributed by atoms with Crippen molar-refractivity contribution in [1.29, 1.82) is 0 Å². The summed E-state index contributed by atoms with van der Waals surface area (Å²) in [6.45, 7) is 4.44. The summed E-state index contributed by atoms with van der Waals surface area (Å²) in [5, 5.41) is 0. The number of Topliss-reactive ketones (excluding diaryl/α,β-unsaturated/α-hetero) is 1. The molecule has 0 N–H and O–H groups in total. The van der Waals surface area contributed by atoms with E-state index in [1.807, 2.05) is 0 Å². The standard InChI is InChI=1S/C4H8O3.C3H6O.CH4/c1-4(5)7-3-6-2;1-3(2)4;/h3H2,1-2H3;1-2H3;1H4. The van der Waals surface area contributed by atoms with Crippen LogP contribution < -0.4 is 0 Å². The second-order valence-electron chi connectivity index (χ2n) is 1.95. The smallest absolute Gasteiger partial charge is 0.304 e. The van der Waals surface area contributed by atoms with Gasteiger partial charge in [-0.3, -0.25) is 4.79 Å². The lowest BCUT2D eigenvalue weighted by Gasteiger charge is -1.95. The molecule has 0 spiro atoms. The van der Waals surface area contributed by atoms with E-state index in [1.165, 1.54) is 27.9 Å². The van der Waals surface area contributed by atoms with Crippen LogP contribution >= 0.6 is 0 Å². The number of esters is 1. The van der Waals surface area contributed by atoms with Crippen LogP contribution in [0.1, 0.15) is 28.2 Å². The van der Waals surface area contributed by atoms with Gasteiger partial charge in [-0.25, -0.2) is 0 Å². The first kappa shape index (κ1) is 17.3. The zero-order valence-electron chi connectivity index (χ0n) is 7.34. The molecule has 0 bridgehead atoms. The molecule has 4 heteroatoms. The van der Waals surface area contributed by atoms with Crippen LogP contribution in [0.15, 0.2) is 0 Å². The number of ketones is 1. The summed E-state index contributed by atoms with van der Waals surface area (Å²) in [5.41, 5.74) is 0. The topological polar surface area (TPSA) is 52.6 Å². The minimum atomic E-state index is -0.318. The fraction of sp³-hybridized carbons (Fsp3) is 0.750. The molecule has 74 valence electrons. The van der Waals surface area contributed by atoms with E-state index in [4.69, 9.17) is 0 Å². The summed E-state index contributed by atoms with van der Waals surface area (Å²) < 4.78 is 8.74. The van der Waals surface area contributed by atoms with Gasteiger partial charge in [0.15, 0.2) is 6.79 Å². The third kappa shape index (κ3) is 62.1. The highest BCUT2D eigenvalue weighted by molar-refractivity contribution is 5.72. The lowest BCUT2D eigenvalue weighted by molar-refractivity contribution is -0.151. The van der Waals surface area contributed by atoms with Crippen molar-refractivity contribution < 1.29 is 19.1 Å². The Morgan fingerprint density at radius 1 is 1.17 bits per heavy atom. The average molecular weight is 178 g/mol. The molecule has 0 aliphatic heterocycles. The summed E-state index contributed by atoms with van der Waals surface area (Å²) in [5.74, 6) is -0.151. The Labute approximate surface area is 73.9 Å². The first-order chi connectivity index (χ1) is 5.00. The zero-order chi connectivity index (χ0) is 9.28. The van der Waals surface area contributed by atoms with Crippen molar-refractivity contribution in [3.8, 4) is 0 Å². The third-order valence-corrected chi connectivity index (χ3v) is 0.380. The molecular weight excluding hydrogens is 160 g/mol. The summed E-state index contributed by atoms with van der Waals surface area (Å²) >= 11 is 0. The van der Waals surface area contributed by atoms with Crippen LogP contribution in [0.25, 0.3) is 0 Å². The number of methoxy groups -OCH3 is 1. The van der Waals surface area contributed by atoms with Crippen molar-refractivity contribution in [2.24, 2.45) is 0 Å². The Balaban J connectivity index is -0.000000142. The van der Waals surface area contributed by atoms with Crippen molar-refractivity contribution in [1.82, 2.24) is 0 Å². The minimum absolute atomic E-state index is 0. The maximum atomic E-state index is 9.90. The predicted octanol–water partition coefficient (Wildman–Crippen LogP) is 1.38. The summed E-state index contributed by atoms with van der Waals surface area (Å²) in [6, 6.07) is 0. The molecule has 4 nitrogen and oxygen atoms in total. The molecule has 0 aromatic heterocycles. The van der Waals surface area contributed by atoms with Gasteiger partial charge in [0, 0.05) is 14.0 Å². The number of hydrogen-bond donors (Lipinski definition) is 0. The quantitative estimate of drug-likeness (QED) is 0.473. The molecule has 0 saturated heterocycles. The monoisotopic (exact) mass is 178 g/mol. The van der Waals surface area contributed by atoms with E-state index in [1.54, 1.807) is 0 Å². The van der Waals surface area contributed by atoms with Gasteiger partial charge in [-0.15, -0.1) is 0 Å². The van der Waals surface area contributed by atoms with Crippen LogP contribution in [0.5, 0.6) is 0 Å². The molecule has 0 radical (unpaired) electrons. The molecular formula is C8H18O4. The maximum absolute atomic E-state index is 9.90. The second kappa shape index (κ2) is 12.7. The van der Waals surface area contributed by atoms with Crippen molar-refractivity contribution in [2.45, 2.75) is 28.2 Å². The van der Waals surface area contributed by atoms with Crippen molar-refractivity contribution in [3.63, 3.8) is 0 Å². The maximum Gasteiger partial charge on any atom is 0.304 e. The Hall–Kier alpha value is -0.900. The van der Waals surface area contributed by atoms with Gasteiger partial charge in [0.1, 0.15) is 5.78 Å². The third-order valence-electron chi connectivity index (χ3n) is 0.380. The van der Waals surface area contributed by atoms with Gasteiger partial charge in [0.25, 0.3) is 0 Å². The van der Waals surface area contributed by atoms with Gasteiger partial charge in [0.05, 0.1) is 0 Å². The largest absolute Gasteiger partial charge is 0.439 e. The first-order valence-corrected chi connectivity index (χ1v) is 3.10. The van der Waals surface area contributed by atoms with Gasteiger partial charge in [-0.05, 0) is 13.8 Å². The van der Waals surface area contributed by atoms with E-state index >= 15 is 0 Å². The number of hydrogen-bond acceptors (Lipinski definition) is 4. The predicted molar refractivity (Wildman–Crippen MR) is 46.7 cm³/mol. The normalized spacial score (nSPS) is 7.00. The molecule has 0 aliphatic carbocycles. The highest BCUT2D eigenvalue weighted by Gasteiger charge is 1.85. The molecule has 0 saturated carbocycles. The first-order valence-electron chi connectivity index (χ1n) is 3.10. The Morgan fingerprint density at radius 2 is 1.50 bits per heavy atom. The fourth-order valence-corrected chi connectivity index (χ4v) is 0.142. The Kier molecular flexibility index (Phi) is 18.3. The Bertz CT molecular complexity index is 116. The minimum Gasteiger partial charge on any atom is -0.439 e. The number of carbonyl (C=O) groups is 2. The molecule has 12 heavy (non-hydrogen) atoms. The van der Waals surface area contributed by atoms with Crippen LogP contribution in [0, 0.1) is 0 Å². The van der Waals surface area contributed by atoms with E-state index in [2.05, 4.69) is 9.47 Å². The van der Waals surface area contributed by atoms with Crippen LogP contribution in [-0.2, 0) is 19.1 Å². The number of rotatable bonds is 2. The molecule has 0 atom stereocenters. The number of ether oxygens (including phenoxy) is 2. The summed E-state index contributed by atoms with van der Waals surface area (Å²) in [4.78, 5) is 19.3. The molecule has 0 unspecified atom stereocenters. The van der Waals surface area contributed by atoms with E-state index < -0.39 is 0 Å². The Morgan fingerprint density at radius 3 is 1.58 bits per heavy atom. The van der Waals surface area contributed by atoms with E-state index in [-0.39, 0.29) is 26.0 Å². The van der Waals surface area contributed by atoms with Crippen LogP contribution in [0.3, 0.4) is 0 Å². The van der Waals surface area contributed by atoms with E-state index in [0.717, 1.165) is 0 Å². The van der Waals surface area contributed by atoms with Crippen LogP contribution in [0.2, 0.25) is 0 Å². The highest BCUT2D eigenvalue weighted by Crippen LogP contribution is 1.72. The van der Waals surface area contributed by atoms with Crippen molar-refractivity contribution in [3.05, 3.63) is 0 Å². The van der Waals surface area contributed by atoms with Gasteiger partial charge < -0.3 is 14.3 Å².